The van der Waals surface area contributed by atoms with E-state index in [1.807, 2.05) is 6.07 Å². The molecule has 5 heteroatoms. The molecule has 1 heterocycles. The van der Waals surface area contributed by atoms with E-state index in [1.54, 1.807) is 25.4 Å². The molecule has 1 aromatic carbocycles. The summed E-state index contributed by atoms with van der Waals surface area (Å²) in [4.78, 5) is 4.03. The van der Waals surface area contributed by atoms with Gasteiger partial charge in [-0.25, -0.2) is 4.98 Å². The molecular weight excluding hydrogens is 228 g/mol. The number of methoxy groups -OCH3 is 1. The van der Waals surface area contributed by atoms with Gasteiger partial charge in [0.05, 0.1) is 25.4 Å². The molecule has 0 atom stereocenters. The Morgan fingerprint density at radius 3 is 2.94 bits per heavy atom. The molecule has 1 aromatic heterocycles. The number of oxazole rings is 1. The third kappa shape index (κ3) is 2.03. The van der Waals surface area contributed by atoms with Crippen LogP contribution in [0.4, 0.5) is 0 Å². The highest BCUT2D eigenvalue weighted by molar-refractivity contribution is 6.30. The molecule has 84 valence electrons. The Balaban J connectivity index is 2.46. The van der Waals surface area contributed by atoms with E-state index < -0.39 is 0 Å². The molecule has 16 heavy (non-hydrogen) atoms. The first-order valence-corrected chi connectivity index (χ1v) is 5.11. The van der Waals surface area contributed by atoms with Crippen LogP contribution >= 0.6 is 11.6 Å². The molecule has 0 bridgehead atoms. The molecule has 0 aliphatic carbocycles. The summed E-state index contributed by atoms with van der Waals surface area (Å²) in [7, 11) is 1.58. The first-order valence-electron chi connectivity index (χ1n) is 4.73. The van der Waals surface area contributed by atoms with Crippen LogP contribution in [0.3, 0.4) is 0 Å². The summed E-state index contributed by atoms with van der Waals surface area (Å²) in [6.07, 6.45) is 1.62. The molecule has 0 aliphatic rings. The van der Waals surface area contributed by atoms with Gasteiger partial charge in [-0.05, 0) is 18.2 Å². The zero-order chi connectivity index (χ0) is 11.5. The third-order valence-corrected chi connectivity index (χ3v) is 2.39. The minimum atomic E-state index is 0.274. The Kier molecular flexibility index (Phi) is 3.12. The molecule has 4 nitrogen and oxygen atoms in total. The van der Waals surface area contributed by atoms with Crippen molar-refractivity contribution in [2.75, 3.05) is 7.11 Å². The molecule has 0 spiro atoms. The third-order valence-electron chi connectivity index (χ3n) is 2.16. The second-order valence-electron chi connectivity index (χ2n) is 3.17. The van der Waals surface area contributed by atoms with E-state index in [1.165, 1.54) is 0 Å². The molecule has 0 aliphatic heterocycles. The van der Waals surface area contributed by atoms with E-state index >= 15 is 0 Å². The van der Waals surface area contributed by atoms with Crippen molar-refractivity contribution < 1.29 is 9.15 Å². The number of nitrogens with two attached hydrogens (primary N) is 1. The normalized spacial score (nSPS) is 10.4. The van der Waals surface area contributed by atoms with Crippen molar-refractivity contribution in [1.82, 2.24) is 4.98 Å². The minimum Gasteiger partial charge on any atom is -0.496 e. The maximum Gasteiger partial charge on any atom is 0.208 e. The van der Waals surface area contributed by atoms with Gasteiger partial charge in [0.25, 0.3) is 0 Å². The van der Waals surface area contributed by atoms with Gasteiger partial charge < -0.3 is 14.9 Å². The summed E-state index contributed by atoms with van der Waals surface area (Å²) < 4.78 is 10.7. The fourth-order valence-corrected chi connectivity index (χ4v) is 1.56. The van der Waals surface area contributed by atoms with Crippen molar-refractivity contribution in [2.45, 2.75) is 6.54 Å². The topological polar surface area (TPSA) is 61.3 Å². The lowest BCUT2D eigenvalue weighted by Crippen LogP contribution is -1.94. The van der Waals surface area contributed by atoms with Gasteiger partial charge in [-0.1, -0.05) is 11.6 Å². The van der Waals surface area contributed by atoms with E-state index in [0.717, 1.165) is 5.56 Å². The monoisotopic (exact) mass is 238 g/mol. The summed E-state index contributed by atoms with van der Waals surface area (Å²) in [5, 5.41) is 0.610. The van der Waals surface area contributed by atoms with Gasteiger partial charge in [-0.15, -0.1) is 0 Å². The van der Waals surface area contributed by atoms with Crippen molar-refractivity contribution in [3.05, 3.63) is 35.3 Å². The first-order chi connectivity index (χ1) is 7.74. The van der Waals surface area contributed by atoms with Crippen molar-refractivity contribution >= 4 is 11.6 Å². The van der Waals surface area contributed by atoms with E-state index in [2.05, 4.69) is 4.98 Å². The van der Waals surface area contributed by atoms with Gasteiger partial charge in [-0.2, -0.15) is 0 Å². The lowest BCUT2D eigenvalue weighted by molar-refractivity contribution is 0.414. The van der Waals surface area contributed by atoms with E-state index in [-0.39, 0.29) is 6.54 Å². The van der Waals surface area contributed by atoms with Crippen molar-refractivity contribution in [2.24, 2.45) is 5.73 Å². The molecule has 2 N–H and O–H groups in total. The van der Waals surface area contributed by atoms with Crippen molar-refractivity contribution in [1.29, 1.82) is 0 Å². The Hall–Kier alpha value is -1.52. The highest BCUT2D eigenvalue weighted by atomic mass is 35.5. The van der Waals surface area contributed by atoms with Gasteiger partial charge in [0.1, 0.15) is 5.75 Å². The Labute approximate surface area is 98.0 Å². The lowest BCUT2D eigenvalue weighted by Gasteiger charge is -2.05. The van der Waals surface area contributed by atoms with Gasteiger partial charge in [-0.3, -0.25) is 0 Å². The first kappa shape index (κ1) is 11.0. The second-order valence-corrected chi connectivity index (χ2v) is 3.60. The predicted octanol–water partition coefficient (Wildman–Crippen LogP) is 2.46. The van der Waals surface area contributed by atoms with Crippen molar-refractivity contribution in [3.63, 3.8) is 0 Å². The summed E-state index contributed by atoms with van der Waals surface area (Å²) in [5.41, 5.74) is 6.23. The SMILES string of the molecule is COc1cc(Cl)ccc1-c1cnc(CN)o1. The van der Waals surface area contributed by atoms with Crippen LogP contribution in [0.5, 0.6) is 5.75 Å². The van der Waals surface area contributed by atoms with Crippen LogP contribution in [0.15, 0.2) is 28.8 Å². The highest BCUT2D eigenvalue weighted by Crippen LogP contribution is 2.32. The smallest absolute Gasteiger partial charge is 0.208 e. The number of nitrogens with zero attached hydrogens (tertiary/aromatic N) is 1. The number of benzene rings is 1. The average molecular weight is 239 g/mol. The minimum absolute atomic E-state index is 0.274. The van der Waals surface area contributed by atoms with Gasteiger partial charge in [0.2, 0.25) is 5.89 Å². The number of hydrogen-bond acceptors (Lipinski definition) is 4. The highest BCUT2D eigenvalue weighted by Gasteiger charge is 2.11. The summed E-state index contributed by atoms with van der Waals surface area (Å²) >= 11 is 5.87. The molecule has 2 aromatic rings. The van der Waals surface area contributed by atoms with E-state index in [4.69, 9.17) is 26.5 Å². The van der Waals surface area contributed by atoms with Crippen LogP contribution in [0.1, 0.15) is 5.89 Å². The van der Waals surface area contributed by atoms with E-state index in [0.29, 0.717) is 22.4 Å². The number of ether oxygens (including phenoxy) is 1. The van der Waals surface area contributed by atoms with Gasteiger partial charge >= 0.3 is 0 Å². The zero-order valence-electron chi connectivity index (χ0n) is 8.74. The van der Waals surface area contributed by atoms with Crippen LogP contribution in [0.25, 0.3) is 11.3 Å². The Bertz CT molecular complexity index is 496. The molecule has 0 fully saturated rings. The molecule has 0 saturated carbocycles. The van der Waals surface area contributed by atoms with Crippen molar-refractivity contribution in [3.8, 4) is 17.1 Å². The van der Waals surface area contributed by atoms with Crippen LogP contribution in [0.2, 0.25) is 5.02 Å². The summed E-state index contributed by atoms with van der Waals surface area (Å²) in [6.45, 7) is 0.274. The van der Waals surface area contributed by atoms with Crippen LogP contribution in [0, 0.1) is 0 Å². The molecule has 0 amide bonds. The predicted molar refractivity (Wildman–Crippen MR) is 61.4 cm³/mol. The fourth-order valence-electron chi connectivity index (χ4n) is 1.40. The number of aromatic nitrogens is 1. The summed E-state index contributed by atoms with van der Waals surface area (Å²) in [5.74, 6) is 1.76. The zero-order valence-corrected chi connectivity index (χ0v) is 9.49. The van der Waals surface area contributed by atoms with Gasteiger partial charge in [0, 0.05) is 5.02 Å². The van der Waals surface area contributed by atoms with Crippen LogP contribution in [-0.2, 0) is 6.54 Å². The maximum absolute atomic E-state index is 5.87. The molecule has 0 saturated heterocycles. The fraction of sp³-hybridized carbons (Fsp3) is 0.182. The quantitative estimate of drug-likeness (QED) is 0.892. The molecular formula is C11H11ClN2O2. The number of halogens is 1. The molecule has 2 rings (SSSR count). The molecule has 0 radical (unpaired) electrons. The standard InChI is InChI=1S/C11H11ClN2O2/c1-15-9-4-7(12)2-3-8(9)10-6-14-11(5-13)16-10/h2-4,6H,5,13H2,1H3. The lowest BCUT2D eigenvalue weighted by atomic mass is 10.1. The van der Waals surface area contributed by atoms with Crippen LogP contribution < -0.4 is 10.5 Å². The van der Waals surface area contributed by atoms with Crippen LogP contribution in [-0.4, -0.2) is 12.1 Å². The van der Waals surface area contributed by atoms with E-state index in [9.17, 15) is 0 Å². The Morgan fingerprint density at radius 1 is 1.50 bits per heavy atom. The molecule has 0 unspecified atom stereocenters. The average Bonchev–Trinajstić information content (AvgIpc) is 2.77. The second kappa shape index (κ2) is 4.55. The largest absolute Gasteiger partial charge is 0.496 e. The summed E-state index contributed by atoms with van der Waals surface area (Å²) in [6, 6.07) is 5.31. The maximum atomic E-state index is 5.87. The number of hydrogen-bond donors (Lipinski definition) is 1. The Morgan fingerprint density at radius 2 is 2.31 bits per heavy atom. The van der Waals surface area contributed by atoms with Gasteiger partial charge in [0.15, 0.2) is 5.76 Å². The number of rotatable bonds is 3.